The number of guanidine groups is 1. The number of aliphatic imine (C=N–C) groups is 1. The number of rotatable bonds is 7. The summed E-state index contributed by atoms with van der Waals surface area (Å²) in [5.41, 5.74) is 14.7. The molecule has 0 aromatic heterocycles. The van der Waals surface area contributed by atoms with Gasteiger partial charge in [0.15, 0.2) is 5.96 Å². The zero-order chi connectivity index (χ0) is 19.5. The van der Waals surface area contributed by atoms with Crippen LogP contribution in [0.4, 0.5) is 0 Å². The topological polar surface area (TPSA) is 123 Å². The Kier molecular flexibility index (Phi) is 8.39. The van der Waals surface area contributed by atoms with Crippen LogP contribution in [0.3, 0.4) is 0 Å². The Balaban J connectivity index is 0.00000364. The van der Waals surface area contributed by atoms with E-state index >= 15 is 0 Å². The van der Waals surface area contributed by atoms with Gasteiger partial charge in [-0.2, -0.15) is 9.90 Å². The number of ether oxygens (including phenoxy) is 1. The number of carbonyl (C=O) groups is 1. The zero-order valence-corrected chi connectivity index (χ0v) is 18.7. The van der Waals surface area contributed by atoms with Crippen molar-refractivity contribution in [1.82, 2.24) is 4.72 Å². The Morgan fingerprint density at radius 2 is 2.15 bits per heavy atom. The number of hydrogen-bond acceptors (Lipinski definition) is 5. The minimum atomic E-state index is -0.995. The third-order valence-corrected chi connectivity index (χ3v) is 5.46. The molecule has 0 amide bonds. The predicted octanol–water partition coefficient (Wildman–Crippen LogP) is 2.18. The first kappa shape index (κ1) is 23.5. The molecular weight excluding hydrogens is 383 g/mol. The Morgan fingerprint density at radius 1 is 1.48 bits per heavy atom. The number of aliphatic carboxylic acids is 1. The van der Waals surface area contributed by atoms with Crippen LogP contribution < -0.4 is 20.9 Å². The molecule has 0 saturated carbocycles. The molecule has 0 radical (unpaired) electrons. The molecule has 2 unspecified atom stereocenters. The van der Waals surface area contributed by atoms with Gasteiger partial charge in [-0.1, -0.05) is 0 Å². The highest BCUT2D eigenvalue weighted by atomic mass is 32.2. The van der Waals surface area contributed by atoms with Gasteiger partial charge in [0.25, 0.3) is 0 Å². The fourth-order valence-electron chi connectivity index (χ4n) is 2.96. The quantitative estimate of drug-likeness (QED) is 0.177. The summed E-state index contributed by atoms with van der Waals surface area (Å²) >= 11 is 1.44. The zero-order valence-electron chi connectivity index (χ0n) is 16.5. The number of nitrogens with zero attached hydrogens (tertiary/aromatic N) is 1. The molecule has 6 N–H and O–H groups in total. The van der Waals surface area contributed by atoms with Gasteiger partial charge in [-0.15, -0.1) is 0 Å². The minimum absolute atomic E-state index is 0. The van der Waals surface area contributed by atoms with Crippen molar-refractivity contribution >= 4 is 33.8 Å². The summed E-state index contributed by atoms with van der Waals surface area (Å²) in [5.74, 6) is 0.283. The predicted molar refractivity (Wildman–Crippen MR) is 116 cm³/mol. The summed E-state index contributed by atoms with van der Waals surface area (Å²) < 4.78 is 9.07. The fourth-order valence-corrected chi connectivity index (χ4v) is 3.73. The highest BCUT2D eigenvalue weighted by Crippen LogP contribution is 2.41. The van der Waals surface area contributed by atoms with Gasteiger partial charge in [0.05, 0.1) is 0 Å². The van der Waals surface area contributed by atoms with E-state index in [0.29, 0.717) is 25.3 Å². The summed E-state index contributed by atoms with van der Waals surface area (Å²) in [6.07, 6.45) is 1.83. The molecule has 2 rings (SSSR count). The monoisotopic (exact) mass is 414 g/mol. The van der Waals surface area contributed by atoms with Gasteiger partial charge >= 0.3 is 5.97 Å². The van der Waals surface area contributed by atoms with Gasteiger partial charge in [-0.3, -0.25) is 14.5 Å². The molecule has 1 aromatic carbocycles. The van der Waals surface area contributed by atoms with E-state index in [9.17, 15) is 4.79 Å². The van der Waals surface area contributed by atoms with Crippen LogP contribution in [-0.2, 0) is 11.2 Å². The van der Waals surface area contributed by atoms with E-state index in [4.69, 9.17) is 21.3 Å². The van der Waals surface area contributed by atoms with E-state index in [0.717, 1.165) is 22.6 Å². The van der Waals surface area contributed by atoms with Gasteiger partial charge in [-0.05, 0) is 69.7 Å². The lowest BCUT2D eigenvalue weighted by atomic mass is 9.97. The van der Waals surface area contributed by atoms with Gasteiger partial charge < -0.3 is 21.3 Å². The van der Waals surface area contributed by atoms with Crippen molar-refractivity contribution < 1.29 is 14.6 Å². The van der Waals surface area contributed by atoms with Crippen LogP contribution in [-0.4, -0.2) is 35.2 Å². The molecule has 0 aliphatic carbocycles. The molecular formula is C18H31N4O3PS. The first-order valence-electron chi connectivity index (χ1n) is 8.64. The van der Waals surface area contributed by atoms with Crippen LogP contribution >= 0.6 is 21.8 Å². The molecule has 2 atom stereocenters. The smallest absolute Gasteiger partial charge is 0.320 e. The maximum Gasteiger partial charge on any atom is 0.320 e. The molecule has 0 fully saturated rings. The maximum absolute atomic E-state index is 10.7. The van der Waals surface area contributed by atoms with Crippen LogP contribution in [0.25, 0.3) is 0 Å². The summed E-state index contributed by atoms with van der Waals surface area (Å²) in [5, 5.41) is 8.74. The Labute approximate surface area is 168 Å². The summed E-state index contributed by atoms with van der Waals surface area (Å²) in [6, 6.07) is 1.22. The van der Waals surface area contributed by atoms with Gasteiger partial charge in [-0.25, -0.2) is 0 Å². The summed E-state index contributed by atoms with van der Waals surface area (Å²) in [6.45, 7) is 8.76. The van der Waals surface area contributed by atoms with Crippen molar-refractivity contribution in [3.63, 3.8) is 0 Å². The van der Waals surface area contributed by atoms with Crippen LogP contribution in [0.15, 0.2) is 16.0 Å². The highest BCUT2D eigenvalue weighted by Gasteiger charge is 2.32. The number of carboxylic acids is 1. The molecule has 1 aromatic rings. The van der Waals surface area contributed by atoms with Gasteiger partial charge in [0.2, 0.25) is 0 Å². The molecule has 7 nitrogen and oxygen atoms in total. The lowest BCUT2D eigenvalue weighted by Crippen LogP contribution is -2.30. The van der Waals surface area contributed by atoms with Crippen molar-refractivity contribution in [3.05, 3.63) is 22.8 Å². The summed E-state index contributed by atoms with van der Waals surface area (Å²) in [7, 11) is 0. The van der Waals surface area contributed by atoms with E-state index < -0.39 is 12.0 Å². The van der Waals surface area contributed by atoms with Crippen LogP contribution in [0.5, 0.6) is 5.75 Å². The van der Waals surface area contributed by atoms with Crippen molar-refractivity contribution in [2.45, 2.75) is 63.5 Å². The molecule has 152 valence electrons. The number of aryl methyl sites for hydroxylation is 1. The van der Waals surface area contributed by atoms with Crippen LogP contribution in [0.2, 0.25) is 0 Å². The first-order valence-corrected chi connectivity index (χ1v) is 9.45. The van der Waals surface area contributed by atoms with E-state index in [1.54, 1.807) is 0 Å². The lowest BCUT2D eigenvalue weighted by molar-refractivity contribution is -0.138. The number of fused-ring (bicyclic) bond motifs is 1. The Hall–Kier alpha value is -1.50. The Bertz CT molecular complexity index is 725. The second kappa shape index (κ2) is 9.62. The average Bonchev–Trinajstić information content (AvgIpc) is 2.85. The molecule has 27 heavy (non-hydrogen) atoms. The van der Waals surface area contributed by atoms with Crippen molar-refractivity contribution in [2.24, 2.45) is 16.5 Å². The molecule has 9 heteroatoms. The SMILES string of the molecule is Cc1cc2c(c(C)c1SNC(N)=NCCCC(N)C(=O)O)CC(C)(C)O2.P. The Morgan fingerprint density at radius 3 is 2.78 bits per heavy atom. The standard InChI is InChI=1S/C18H28N4O3S.H3P/c1-10-8-14-12(9-18(3,4)25-14)11(2)15(10)26-22-17(20)21-7-5-6-13(19)16(23)24;/h8,13H,5-7,9,19H2,1-4H3,(H,23,24)(H3,20,21,22);1H3. The van der Waals surface area contributed by atoms with E-state index in [1.165, 1.54) is 23.1 Å². The first-order chi connectivity index (χ1) is 12.1. The number of benzene rings is 1. The van der Waals surface area contributed by atoms with Crippen molar-refractivity contribution in [1.29, 1.82) is 0 Å². The van der Waals surface area contributed by atoms with E-state index in [1.807, 2.05) is 6.92 Å². The van der Waals surface area contributed by atoms with Gasteiger partial charge in [0.1, 0.15) is 17.4 Å². The third kappa shape index (κ3) is 6.26. The summed E-state index contributed by atoms with van der Waals surface area (Å²) in [4.78, 5) is 16.0. The van der Waals surface area contributed by atoms with E-state index in [-0.39, 0.29) is 15.5 Å². The molecule has 1 aliphatic rings. The lowest BCUT2D eigenvalue weighted by Gasteiger charge is -2.16. The van der Waals surface area contributed by atoms with E-state index in [2.05, 4.69) is 36.6 Å². The highest BCUT2D eigenvalue weighted by molar-refractivity contribution is 7.98. The third-order valence-electron chi connectivity index (χ3n) is 4.32. The number of nitrogens with two attached hydrogens (primary N) is 2. The second-order valence-corrected chi connectivity index (χ2v) is 8.04. The van der Waals surface area contributed by atoms with Crippen molar-refractivity contribution in [2.75, 3.05) is 6.54 Å². The average molecular weight is 415 g/mol. The van der Waals surface area contributed by atoms with Crippen molar-refractivity contribution in [3.8, 4) is 5.75 Å². The fraction of sp³-hybridized carbons (Fsp3) is 0.556. The number of nitrogens with one attached hydrogen (secondary N) is 1. The molecule has 0 bridgehead atoms. The number of carboxylic acid groups (broad SMARTS) is 1. The largest absolute Gasteiger partial charge is 0.487 e. The van der Waals surface area contributed by atoms with Gasteiger partial charge in [0, 0.05) is 23.4 Å². The van der Waals surface area contributed by atoms with Crippen LogP contribution in [0, 0.1) is 13.8 Å². The molecule has 0 spiro atoms. The molecule has 0 saturated heterocycles. The minimum Gasteiger partial charge on any atom is -0.487 e. The van der Waals surface area contributed by atoms with Crippen LogP contribution in [0.1, 0.15) is 43.4 Å². The maximum atomic E-state index is 10.7. The number of hydrogen-bond donors (Lipinski definition) is 4. The molecule has 1 aliphatic heterocycles. The normalized spacial score (nSPS) is 16.1. The molecule has 1 heterocycles. The second-order valence-electron chi connectivity index (χ2n) is 7.22.